The van der Waals surface area contributed by atoms with Crippen LogP contribution in [0, 0.1) is 0 Å². The number of hydrogen-bond acceptors (Lipinski definition) is 2. The highest BCUT2D eigenvalue weighted by Gasteiger charge is 2.30. The standard InChI is InChI=1S/C15H22NO2/c1-13(15(17)18-4)16(2,3)12-8-11-14-9-6-5-7-10-14/h5-11,13H,12H2,1-4H3/q+1/b11-8-/t13-/m0/s1. The molecule has 0 aliphatic carbocycles. The minimum Gasteiger partial charge on any atom is -0.465 e. The Morgan fingerprint density at radius 3 is 2.50 bits per heavy atom. The first kappa shape index (κ1) is 14.5. The van der Waals surface area contributed by atoms with Crippen molar-refractivity contribution < 1.29 is 14.0 Å². The van der Waals surface area contributed by atoms with Crippen LogP contribution in [-0.2, 0) is 9.53 Å². The Morgan fingerprint density at radius 2 is 1.94 bits per heavy atom. The summed E-state index contributed by atoms with van der Waals surface area (Å²) in [6.07, 6.45) is 4.17. The maximum Gasteiger partial charge on any atom is 0.364 e. The highest BCUT2D eigenvalue weighted by molar-refractivity contribution is 5.73. The zero-order valence-electron chi connectivity index (χ0n) is 11.6. The molecule has 0 saturated carbocycles. The second-order valence-electron chi connectivity index (χ2n) is 4.97. The van der Waals surface area contributed by atoms with Gasteiger partial charge in [0.1, 0.15) is 0 Å². The molecule has 0 unspecified atom stereocenters. The highest BCUT2D eigenvalue weighted by atomic mass is 16.5. The number of carbonyl (C=O) groups excluding carboxylic acids is 1. The lowest BCUT2D eigenvalue weighted by Crippen LogP contribution is -2.51. The molecule has 1 aromatic rings. The first-order chi connectivity index (χ1) is 8.47. The van der Waals surface area contributed by atoms with E-state index in [1.54, 1.807) is 0 Å². The monoisotopic (exact) mass is 248 g/mol. The number of nitrogens with zero attached hydrogens (tertiary/aromatic N) is 1. The maximum absolute atomic E-state index is 11.5. The lowest BCUT2D eigenvalue weighted by molar-refractivity contribution is -0.899. The second kappa shape index (κ2) is 6.36. The number of esters is 1. The Morgan fingerprint density at radius 1 is 1.33 bits per heavy atom. The number of benzene rings is 1. The van der Waals surface area contributed by atoms with Gasteiger partial charge in [-0.1, -0.05) is 36.4 Å². The van der Waals surface area contributed by atoms with Gasteiger partial charge in [0.25, 0.3) is 0 Å². The number of hydrogen-bond donors (Lipinski definition) is 0. The molecule has 3 heteroatoms. The average molecular weight is 248 g/mol. The Bertz CT molecular complexity index is 410. The van der Waals surface area contributed by atoms with Gasteiger partial charge in [-0.2, -0.15) is 0 Å². The summed E-state index contributed by atoms with van der Waals surface area (Å²) in [6, 6.07) is 9.96. The lowest BCUT2D eigenvalue weighted by atomic mass is 10.2. The summed E-state index contributed by atoms with van der Waals surface area (Å²) >= 11 is 0. The summed E-state index contributed by atoms with van der Waals surface area (Å²) < 4.78 is 5.36. The van der Waals surface area contributed by atoms with Gasteiger partial charge < -0.3 is 9.22 Å². The quantitative estimate of drug-likeness (QED) is 0.590. The maximum atomic E-state index is 11.5. The van der Waals surface area contributed by atoms with Gasteiger partial charge in [0.15, 0.2) is 6.04 Å². The van der Waals surface area contributed by atoms with E-state index in [0.29, 0.717) is 4.48 Å². The molecular formula is C15H22NO2+. The van der Waals surface area contributed by atoms with Crippen LogP contribution < -0.4 is 0 Å². The SMILES string of the molecule is COC(=O)[C@H](C)[N+](C)(C)C/C=C\c1ccccc1. The van der Waals surface area contributed by atoms with Crippen LogP contribution in [0.4, 0.5) is 0 Å². The Balaban J connectivity index is 2.61. The van der Waals surface area contributed by atoms with Gasteiger partial charge in [0, 0.05) is 0 Å². The van der Waals surface area contributed by atoms with Crippen LogP contribution in [0.5, 0.6) is 0 Å². The molecule has 1 rings (SSSR count). The van der Waals surface area contributed by atoms with Crippen molar-refractivity contribution in [1.82, 2.24) is 0 Å². The molecule has 0 radical (unpaired) electrons. The summed E-state index contributed by atoms with van der Waals surface area (Å²) in [6.45, 7) is 2.67. The molecule has 0 N–H and O–H groups in total. The van der Waals surface area contributed by atoms with E-state index in [1.807, 2.05) is 39.2 Å². The van der Waals surface area contributed by atoms with Gasteiger partial charge in [-0.05, 0) is 18.6 Å². The summed E-state index contributed by atoms with van der Waals surface area (Å²) in [4.78, 5) is 11.5. The third-order valence-corrected chi connectivity index (χ3v) is 3.28. The summed E-state index contributed by atoms with van der Waals surface area (Å²) in [5.41, 5.74) is 1.17. The molecule has 0 fully saturated rings. The molecule has 18 heavy (non-hydrogen) atoms. The van der Waals surface area contributed by atoms with Gasteiger partial charge in [-0.25, -0.2) is 4.79 Å². The van der Waals surface area contributed by atoms with Crippen molar-refractivity contribution in [1.29, 1.82) is 0 Å². The topological polar surface area (TPSA) is 26.3 Å². The van der Waals surface area contributed by atoms with Crippen molar-refractivity contribution in [2.75, 3.05) is 27.7 Å². The van der Waals surface area contributed by atoms with Crippen LogP contribution in [0.15, 0.2) is 36.4 Å². The third-order valence-electron chi connectivity index (χ3n) is 3.28. The van der Waals surface area contributed by atoms with Crippen LogP contribution in [0.2, 0.25) is 0 Å². The first-order valence-corrected chi connectivity index (χ1v) is 6.09. The average Bonchev–Trinajstić information content (AvgIpc) is 2.38. The number of methoxy groups -OCH3 is 1. The molecule has 98 valence electrons. The van der Waals surface area contributed by atoms with Gasteiger partial charge >= 0.3 is 5.97 Å². The molecule has 3 nitrogen and oxygen atoms in total. The van der Waals surface area contributed by atoms with E-state index in [9.17, 15) is 4.79 Å². The number of likely N-dealkylation sites (N-methyl/N-ethyl adjacent to an activating group) is 1. The minimum absolute atomic E-state index is 0.171. The number of ether oxygens (including phenoxy) is 1. The van der Waals surface area contributed by atoms with E-state index in [2.05, 4.69) is 24.3 Å². The fourth-order valence-corrected chi connectivity index (χ4v) is 1.64. The van der Waals surface area contributed by atoms with E-state index in [1.165, 1.54) is 12.7 Å². The predicted octanol–water partition coefficient (Wildman–Crippen LogP) is 2.34. The molecule has 0 saturated heterocycles. The molecule has 0 aliphatic heterocycles. The molecule has 0 amide bonds. The van der Waals surface area contributed by atoms with E-state index < -0.39 is 0 Å². The Kier molecular flexibility index (Phi) is 5.10. The number of carbonyl (C=O) groups is 1. The predicted molar refractivity (Wildman–Crippen MR) is 73.9 cm³/mol. The van der Waals surface area contributed by atoms with Crippen molar-refractivity contribution in [3.8, 4) is 0 Å². The van der Waals surface area contributed by atoms with Crippen molar-refractivity contribution in [2.24, 2.45) is 0 Å². The first-order valence-electron chi connectivity index (χ1n) is 6.09. The van der Waals surface area contributed by atoms with E-state index in [0.717, 1.165) is 6.54 Å². The number of quaternary nitrogens is 1. The van der Waals surface area contributed by atoms with Gasteiger partial charge in [0.05, 0.1) is 27.7 Å². The molecular weight excluding hydrogens is 226 g/mol. The zero-order valence-corrected chi connectivity index (χ0v) is 11.6. The minimum atomic E-state index is -0.173. The van der Waals surface area contributed by atoms with Crippen molar-refractivity contribution in [3.63, 3.8) is 0 Å². The van der Waals surface area contributed by atoms with Gasteiger partial charge in [0.2, 0.25) is 0 Å². The molecule has 0 bridgehead atoms. The van der Waals surface area contributed by atoms with Crippen molar-refractivity contribution >= 4 is 12.0 Å². The Hall–Kier alpha value is -1.61. The summed E-state index contributed by atoms with van der Waals surface area (Å²) in [5.74, 6) is -0.173. The second-order valence-corrected chi connectivity index (χ2v) is 4.97. The van der Waals surface area contributed by atoms with Crippen molar-refractivity contribution in [3.05, 3.63) is 42.0 Å². The highest BCUT2D eigenvalue weighted by Crippen LogP contribution is 2.09. The van der Waals surface area contributed by atoms with Gasteiger partial charge in [-0.15, -0.1) is 0 Å². The fourth-order valence-electron chi connectivity index (χ4n) is 1.64. The number of rotatable bonds is 5. The van der Waals surface area contributed by atoms with Crippen LogP contribution >= 0.6 is 0 Å². The largest absolute Gasteiger partial charge is 0.465 e. The van der Waals surface area contributed by atoms with Crippen LogP contribution in [0.3, 0.4) is 0 Å². The fraction of sp³-hybridized carbons (Fsp3) is 0.400. The smallest absolute Gasteiger partial charge is 0.364 e. The van der Waals surface area contributed by atoms with E-state index >= 15 is 0 Å². The Labute approximate surface area is 109 Å². The lowest BCUT2D eigenvalue weighted by Gasteiger charge is -2.33. The molecule has 0 spiro atoms. The zero-order chi connectivity index (χ0) is 13.6. The van der Waals surface area contributed by atoms with Gasteiger partial charge in [-0.3, -0.25) is 0 Å². The molecule has 0 aliphatic rings. The van der Waals surface area contributed by atoms with Crippen LogP contribution in [-0.4, -0.2) is 44.2 Å². The normalized spacial score (nSPS) is 13.6. The molecule has 0 heterocycles. The van der Waals surface area contributed by atoms with Crippen LogP contribution in [0.25, 0.3) is 6.08 Å². The van der Waals surface area contributed by atoms with E-state index in [4.69, 9.17) is 4.74 Å². The molecule has 1 aromatic carbocycles. The van der Waals surface area contributed by atoms with Crippen LogP contribution in [0.1, 0.15) is 12.5 Å². The van der Waals surface area contributed by atoms with E-state index in [-0.39, 0.29) is 12.0 Å². The summed E-state index contributed by atoms with van der Waals surface area (Å²) in [5, 5.41) is 0. The molecule has 1 atom stereocenters. The van der Waals surface area contributed by atoms with Crippen molar-refractivity contribution in [2.45, 2.75) is 13.0 Å². The molecule has 0 aromatic heterocycles. The third kappa shape index (κ3) is 4.00. The summed E-state index contributed by atoms with van der Waals surface area (Å²) in [7, 11) is 5.48.